The molecule has 0 spiro atoms. The lowest BCUT2D eigenvalue weighted by molar-refractivity contribution is -0.189. The van der Waals surface area contributed by atoms with Gasteiger partial charge in [-0.1, -0.05) is 12.2 Å². The molecule has 1 aliphatic heterocycles. The van der Waals surface area contributed by atoms with Crippen molar-refractivity contribution in [2.45, 2.75) is 51.0 Å². The van der Waals surface area contributed by atoms with Crippen LogP contribution in [0.4, 0.5) is 0 Å². The summed E-state index contributed by atoms with van der Waals surface area (Å²) in [6, 6.07) is 0. The van der Waals surface area contributed by atoms with Gasteiger partial charge in [-0.05, 0) is 38.8 Å². The number of nitrogens with zero attached hydrogens (tertiary/aromatic N) is 1. The molecule has 0 aromatic rings. The zero-order chi connectivity index (χ0) is 12.3. The minimum Gasteiger partial charge on any atom is -0.385 e. The molecule has 2 aliphatic rings. The van der Waals surface area contributed by atoms with Crippen molar-refractivity contribution in [3.63, 3.8) is 0 Å². The first kappa shape index (κ1) is 11.8. The Morgan fingerprint density at radius 2 is 1.25 bits per heavy atom. The van der Waals surface area contributed by atoms with Gasteiger partial charge in [-0.15, -0.1) is 0 Å². The lowest BCUT2D eigenvalue weighted by Gasteiger charge is -2.37. The van der Waals surface area contributed by atoms with E-state index in [1.54, 1.807) is 12.2 Å². The minimum absolute atomic E-state index is 0.663. The summed E-state index contributed by atoms with van der Waals surface area (Å²) < 4.78 is 0. The third-order valence-corrected chi connectivity index (χ3v) is 3.73. The molecular formula is C12H19NO3. The predicted molar refractivity (Wildman–Crippen MR) is 60.0 cm³/mol. The number of rotatable bonds is 0. The SMILES string of the molecule is CC1(C)C2=C(C(O)C=CC2O)C(C)(C)N1O. The summed E-state index contributed by atoms with van der Waals surface area (Å²) in [7, 11) is 0. The number of hydrogen-bond acceptors (Lipinski definition) is 4. The number of hydroxylamine groups is 2. The van der Waals surface area contributed by atoms with Crippen LogP contribution < -0.4 is 0 Å². The largest absolute Gasteiger partial charge is 0.385 e. The molecule has 0 saturated heterocycles. The quantitative estimate of drug-likeness (QED) is 0.534. The molecular weight excluding hydrogens is 206 g/mol. The van der Waals surface area contributed by atoms with Gasteiger partial charge in [0.15, 0.2) is 0 Å². The van der Waals surface area contributed by atoms with Gasteiger partial charge in [-0.3, -0.25) is 0 Å². The van der Waals surface area contributed by atoms with E-state index in [1.807, 2.05) is 27.7 Å². The van der Waals surface area contributed by atoms with Crippen LogP contribution in [0.25, 0.3) is 0 Å². The first-order valence-electron chi connectivity index (χ1n) is 5.49. The Hall–Kier alpha value is -0.680. The first-order valence-corrected chi connectivity index (χ1v) is 5.49. The Morgan fingerprint density at radius 3 is 1.56 bits per heavy atom. The lowest BCUT2D eigenvalue weighted by Crippen LogP contribution is -2.49. The van der Waals surface area contributed by atoms with Gasteiger partial charge < -0.3 is 15.4 Å². The molecule has 0 fully saturated rings. The monoisotopic (exact) mass is 225 g/mol. The van der Waals surface area contributed by atoms with Crippen LogP contribution in [0.3, 0.4) is 0 Å². The van der Waals surface area contributed by atoms with E-state index in [0.29, 0.717) is 11.1 Å². The standard InChI is InChI=1S/C12H19NO3/c1-11(2)9-7(14)5-6-8(15)10(9)12(3,4)13(11)16/h5-8,14-16H,1-4H3. The van der Waals surface area contributed by atoms with E-state index in [-0.39, 0.29) is 0 Å². The van der Waals surface area contributed by atoms with Crippen molar-refractivity contribution in [1.82, 2.24) is 5.06 Å². The van der Waals surface area contributed by atoms with Gasteiger partial charge in [0.1, 0.15) is 0 Å². The Balaban J connectivity index is 2.62. The summed E-state index contributed by atoms with van der Waals surface area (Å²) in [5.41, 5.74) is 0.0820. The summed E-state index contributed by atoms with van der Waals surface area (Å²) in [5, 5.41) is 31.4. The molecule has 0 bridgehead atoms. The second-order valence-corrected chi connectivity index (χ2v) is 5.53. The molecule has 0 radical (unpaired) electrons. The van der Waals surface area contributed by atoms with Crippen molar-refractivity contribution in [3.05, 3.63) is 23.3 Å². The Labute approximate surface area is 95.5 Å². The number of aliphatic hydroxyl groups excluding tert-OH is 2. The molecule has 0 amide bonds. The van der Waals surface area contributed by atoms with Crippen LogP contribution in [0.5, 0.6) is 0 Å². The number of aliphatic hydroxyl groups is 2. The first-order chi connectivity index (χ1) is 7.20. The average molecular weight is 225 g/mol. The zero-order valence-electron chi connectivity index (χ0n) is 10.1. The molecule has 2 atom stereocenters. The fraction of sp³-hybridized carbons (Fsp3) is 0.667. The fourth-order valence-corrected chi connectivity index (χ4v) is 3.03. The van der Waals surface area contributed by atoms with Crippen LogP contribution in [0, 0.1) is 0 Å². The van der Waals surface area contributed by atoms with Gasteiger partial charge >= 0.3 is 0 Å². The van der Waals surface area contributed by atoms with Crippen molar-refractivity contribution < 1.29 is 15.4 Å². The third-order valence-electron chi connectivity index (χ3n) is 3.73. The van der Waals surface area contributed by atoms with Crippen molar-refractivity contribution in [1.29, 1.82) is 0 Å². The van der Waals surface area contributed by atoms with Crippen LogP contribution in [0.2, 0.25) is 0 Å². The van der Waals surface area contributed by atoms with Gasteiger partial charge in [0, 0.05) is 0 Å². The van der Waals surface area contributed by atoms with E-state index >= 15 is 0 Å². The molecule has 0 saturated carbocycles. The second kappa shape index (κ2) is 3.17. The van der Waals surface area contributed by atoms with Crippen molar-refractivity contribution in [2.24, 2.45) is 0 Å². The molecule has 1 heterocycles. The molecule has 0 aromatic carbocycles. The molecule has 16 heavy (non-hydrogen) atoms. The van der Waals surface area contributed by atoms with Crippen LogP contribution in [0.15, 0.2) is 23.3 Å². The predicted octanol–water partition coefficient (Wildman–Crippen LogP) is 0.837. The molecule has 3 N–H and O–H groups in total. The smallest absolute Gasteiger partial charge is 0.0955 e. The molecule has 0 aromatic heterocycles. The average Bonchev–Trinajstić information content (AvgIpc) is 2.32. The summed E-state index contributed by atoms with van der Waals surface area (Å²) >= 11 is 0. The highest BCUT2D eigenvalue weighted by atomic mass is 16.5. The molecule has 4 heteroatoms. The van der Waals surface area contributed by atoms with Crippen molar-refractivity contribution >= 4 is 0 Å². The van der Waals surface area contributed by atoms with Gasteiger partial charge in [0.2, 0.25) is 0 Å². The minimum atomic E-state index is -0.732. The molecule has 2 rings (SSSR count). The van der Waals surface area contributed by atoms with E-state index in [0.717, 1.165) is 0 Å². The summed E-state index contributed by atoms with van der Waals surface area (Å²) in [5.74, 6) is 0. The molecule has 90 valence electrons. The Bertz CT molecular complexity index is 348. The van der Waals surface area contributed by atoms with E-state index in [4.69, 9.17) is 0 Å². The van der Waals surface area contributed by atoms with Gasteiger partial charge in [0.25, 0.3) is 0 Å². The van der Waals surface area contributed by atoms with E-state index in [1.165, 1.54) is 5.06 Å². The van der Waals surface area contributed by atoms with Gasteiger partial charge in [0.05, 0.1) is 23.3 Å². The van der Waals surface area contributed by atoms with Gasteiger partial charge in [-0.2, -0.15) is 5.06 Å². The highest BCUT2D eigenvalue weighted by Crippen LogP contribution is 2.48. The maximum atomic E-state index is 10.2. The second-order valence-electron chi connectivity index (χ2n) is 5.53. The van der Waals surface area contributed by atoms with E-state index < -0.39 is 23.3 Å². The van der Waals surface area contributed by atoms with E-state index in [2.05, 4.69) is 0 Å². The topological polar surface area (TPSA) is 63.9 Å². The third kappa shape index (κ3) is 1.24. The Morgan fingerprint density at radius 1 is 0.938 bits per heavy atom. The zero-order valence-corrected chi connectivity index (χ0v) is 10.1. The Kier molecular flexibility index (Phi) is 2.34. The van der Waals surface area contributed by atoms with E-state index in [9.17, 15) is 15.4 Å². The van der Waals surface area contributed by atoms with Crippen LogP contribution in [-0.4, -0.2) is 43.8 Å². The van der Waals surface area contributed by atoms with Crippen LogP contribution in [-0.2, 0) is 0 Å². The van der Waals surface area contributed by atoms with Crippen LogP contribution >= 0.6 is 0 Å². The lowest BCUT2D eigenvalue weighted by atomic mass is 9.81. The highest BCUT2D eigenvalue weighted by molar-refractivity contribution is 5.48. The maximum Gasteiger partial charge on any atom is 0.0955 e. The fourth-order valence-electron chi connectivity index (χ4n) is 3.03. The summed E-state index contributed by atoms with van der Waals surface area (Å²) in [6.45, 7) is 7.36. The summed E-state index contributed by atoms with van der Waals surface area (Å²) in [4.78, 5) is 0. The maximum absolute atomic E-state index is 10.2. The highest BCUT2D eigenvalue weighted by Gasteiger charge is 2.54. The summed E-state index contributed by atoms with van der Waals surface area (Å²) in [6.07, 6.45) is 1.68. The normalized spacial score (nSPS) is 36.7. The molecule has 4 nitrogen and oxygen atoms in total. The van der Waals surface area contributed by atoms with Crippen molar-refractivity contribution in [2.75, 3.05) is 0 Å². The molecule has 2 unspecified atom stereocenters. The van der Waals surface area contributed by atoms with Gasteiger partial charge in [-0.25, -0.2) is 0 Å². The van der Waals surface area contributed by atoms with Crippen LogP contribution in [0.1, 0.15) is 27.7 Å². The molecule has 1 aliphatic carbocycles. The van der Waals surface area contributed by atoms with Crippen molar-refractivity contribution in [3.8, 4) is 0 Å². The number of hydrogen-bond donors (Lipinski definition) is 3.